The van der Waals surface area contributed by atoms with E-state index in [2.05, 4.69) is 24.5 Å². The summed E-state index contributed by atoms with van der Waals surface area (Å²) in [5.41, 5.74) is 1.22. The highest BCUT2D eigenvalue weighted by atomic mass is 16.5. The standard InChI is InChI=1S/C17H26N2O2/c1-13(17(20)18-15-6-4-5-7-15)19(2)12-14-8-10-16(21-3)11-9-14/h8-11,13,15H,4-7,12H2,1-3H3,(H,18,20)/p+1/t13-/m1/s1. The lowest BCUT2D eigenvalue weighted by Gasteiger charge is -2.23. The van der Waals surface area contributed by atoms with Gasteiger partial charge in [-0.1, -0.05) is 12.8 Å². The van der Waals surface area contributed by atoms with Crippen LogP contribution >= 0.6 is 0 Å². The first-order chi connectivity index (χ1) is 10.1. The first-order valence-corrected chi connectivity index (χ1v) is 7.85. The molecule has 1 unspecified atom stereocenters. The fourth-order valence-corrected chi connectivity index (χ4v) is 2.84. The van der Waals surface area contributed by atoms with E-state index in [0.717, 1.165) is 25.1 Å². The van der Waals surface area contributed by atoms with Crippen molar-refractivity contribution in [1.82, 2.24) is 5.32 Å². The van der Waals surface area contributed by atoms with E-state index in [9.17, 15) is 4.79 Å². The van der Waals surface area contributed by atoms with Gasteiger partial charge in [0.2, 0.25) is 0 Å². The van der Waals surface area contributed by atoms with Crippen LogP contribution in [0.25, 0.3) is 0 Å². The summed E-state index contributed by atoms with van der Waals surface area (Å²) in [4.78, 5) is 13.5. The van der Waals surface area contributed by atoms with Crippen LogP contribution in [0.5, 0.6) is 5.75 Å². The number of quaternary nitrogens is 1. The van der Waals surface area contributed by atoms with Gasteiger partial charge in [0.1, 0.15) is 12.3 Å². The predicted molar refractivity (Wildman–Crippen MR) is 83.4 cm³/mol. The summed E-state index contributed by atoms with van der Waals surface area (Å²) < 4.78 is 5.16. The van der Waals surface area contributed by atoms with E-state index in [0.29, 0.717) is 6.04 Å². The summed E-state index contributed by atoms with van der Waals surface area (Å²) in [6.45, 7) is 2.84. The Balaban J connectivity index is 1.85. The molecule has 1 aliphatic carbocycles. The van der Waals surface area contributed by atoms with E-state index in [-0.39, 0.29) is 11.9 Å². The van der Waals surface area contributed by atoms with Gasteiger partial charge in [-0.2, -0.15) is 0 Å². The molecule has 4 heteroatoms. The summed E-state index contributed by atoms with van der Waals surface area (Å²) in [7, 11) is 3.74. The molecule has 1 saturated carbocycles. The molecular formula is C17H27N2O2+. The maximum absolute atomic E-state index is 12.3. The van der Waals surface area contributed by atoms with Crippen molar-refractivity contribution in [2.45, 2.75) is 51.2 Å². The number of amides is 1. The highest BCUT2D eigenvalue weighted by Gasteiger charge is 2.25. The summed E-state index contributed by atoms with van der Waals surface area (Å²) in [5, 5.41) is 3.18. The monoisotopic (exact) mass is 291 g/mol. The number of carbonyl (C=O) groups excluding carboxylic acids is 1. The molecule has 2 atom stereocenters. The maximum Gasteiger partial charge on any atom is 0.278 e. The molecule has 4 nitrogen and oxygen atoms in total. The van der Waals surface area contributed by atoms with Crippen molar-refractivity contribution >= 4 is 5.91 Å². The van der Waals surface area contributed by atoms with E-state index < -0.39 is 0 Å². The van der Waals surface area contributed by atoms with Crippen LogP contribution in [-0.2, 0) is 11.3 Å². The summed E-state index contributed by atoms with van der Waals surface area (Å²) in [6, 6.07) is 8.41. The van der Waals surface area contributed by atoms with Crippen LogP contribution in [0.15, 0.2) is 24.3 Å². The molecule has 1 aliphatic rings. The minimum Gasteiger partial charge on any atom is -0.497 e. The van der Waals surface area contributed by atoms with Gasteiger partial charge in [-0.3, -0.25) is 4.79 Å². The maximum atomic E-state index is 12.3. The molecule has 1 aromatic rings. The molecule has 2 rings (SSSR count). The third kappa shape index (κ3) is 4.46. The molecule has 2 N–H and O–H groups in total. The third-order valence-corrected chi connectivity index (χ3v) is 4.48. The van der Waals surface area contributed by atoms with Gasteiger partial charge in [0.15, 0.2) is 6.04 Å². The molecule has 1 aromatic carbocycles. The van der Waals surface area contributed by atoms with Gasteiger partial charge < -0.3 is 15.0 Å². The van der Waals surface area contributed by atoms with Gasteiger partial charge in [0.05, 0.1) is 14.2 Å². The molecule has 1 amide bonds. The van der Waals surface area contributed by atoms with Crippen molar-refractivity contribution < 1.29 is 14.4 Å². The van der Waals surface area contributed by atoms with Crippen molar-refractivity contribution in [3.8, 4) is 5.75 Å². The smallest absolute Gasteiger partial charge is 0.278 e. The lowest BCUT2D eigenvalue weighted by atomic mass is 10.1. The topological polar surface area (TPSA) is 42.8 Å². The second-order valence-electron chi connectivity index (χ2n) is 6.08. The first-order valence-electron chi connectivity index (χ1n) is 7.85. The Morgan fingerprint density at radius 2 is 1.95 bits per heavy atom. The predicted octanol–water partition coefficient (Wildman–Crippen LogP) is 1.16. The molecule has 0 spiro atoms. The fourth-order valence-electron chi connectivity index (χ4n) is 2.84. The van der Waals surface area contributed by atoms with Crippen LogP contribution in [0.3, 0.4) is 0 Å². The quantitative estimate of drug-likeness (QED) is 0.826. The van der Waals surface area contributed by atoms with Gasteiger partial charge in [-0.15, -0.1) is 0 Å². The zero-order valence-electron chi connectivity index (χ0n) is 13.3. The van der Waals surface area contributed by atoms with Crippen LogP contribution in [0.4, 0.5) is 0 Å². The molecule has 0 aromatic heterocycles. The second kappa shape index (κ2) is 7.46. The molecule has 1 fully saturated rings. The second-order valence-corrected chi connectivity index (χ2v) is 6.08. The number of hydrogen-bond donors (Lipinski definition) is 2. The summed E-state index contributed by atoms with van der Waals surface area (Å²) >= 11 is 0. The SMILES string of the molecule is COc1ccc(C[NH+](C)[C@H](C)C(=O)NC2CCCC2)cc1. The lowest BCUT2D eigenvalue weighted by molar-refractivity contribution is -0.908. The lowest BCUT2D eigenvalue weighted by Crippen LogP contribution is -3.12. The molecule has 0 aliphatic heterocycles. The number of hydrogen-bond acceptors (Lipinski definition) is 2. The Kier molecular flexibility index (Phi) is 5.62. The van der Waals surface area contributed by atoms with Crippen LogP contribution in [-0.4, -0.2) is 32.1 Å². The Morgan fingerprint density at radius 3 is 2.52 bits per heavy atom. The number of ether oxygens (including phenoxy) is 1. The van der Waals surface area contributed by atoms with Crippen LogP contribution in [0, 0.1) is 0 Å². The molecule has 0 bridgehead atoms. The van der Waals surface area contributed by atoms with E-state index in [1.54, 1.807) is 7.11 Å². The fraction of sp³-hybridized carbons (Fsp3) is 0.588. The zero-order valence-corrected chi connectivity index (χ0v) is 13.3. The van der Waals surface area contributed by atoms with Crippen LogP contribution < -0.4 is 15.0 Å². The highest BCUT2D eigenvalue weighted by molar-refractivity contribution is 5.80. The van der Waals surface area contributed by atoms with Gasteiger partial charge in [-0.05, 0) is 44.0 Å². The van der Waals surface area contributed by atoms with Gasteiger partial charge in [0, 0.05) is 11.6 Å². The minimum absolute atomic E-state index is 0.0345. The van der Waals surface area contributed by atoms with E-state index in [1.165, 1.54) is 23.3 Å². The van der Waals surface area contributed by atoms with Gasteiger partial charge in [-0.25, -0.2) is 0 Å². The summed E-state index contributed by atoms with van der Waals surface area (Å²) in [5.74, 6) is 1.04. The van der Waals surface area contributed by atoms with Gasteiger partial charge in [0.25, 0.3) is 5.91 Å². The normalized spacial score (nSPS) is 18.2. The van der Waals surface area contributed by atoms with Crippen LogP contribution in [0.1, 0.15) is 38.2 Å². The molecule has 116 valence electrons. The van der Waals surface area contributed by atoms with Crippen molar-refractivity contribution in [3.63, 3.8) is 0 Å². The number of nitrogens with one attached hydrogen (secondary N) is 2. The molecule has 0 radical (unpaired) electrons. The van der Waals surface area contributed by atoms with Crippen molar-refractivity contribution in [3.05, 3.63) is 29.8 Å². The highest BCUT2D eigenvalue weighted by Crippen LogP contribution is 2.17. The Morgan fingerprint density at radius 1 is 1.33 bits per heavy atom. The van der Waals surface area contributed by atoms with Crippen LogP contribution in [0.2, 0.25) is 0 Å². The van der Waals surface area contributed by atoms with E-state index in [1.807, 2.05) is 19.1 Å². The Labute approximate surface area is 127 Å². The van der Waals surface area contributed by atoms with E-state index >= 15 is 0 Å². The van der Waals surface area contributed by atoms with Crippen molar-refractivity contribution in [2.75, 3.05) is 14.2 Å². The minimum atomic E-state index is -0.0345. The molecule has 0 saturated heterocycles. The van der Waals surface area contributed by atoms with Crippen molar-refractivity contribution in [1.29, 1.82) is 0 Å². The molecule has 0 heterocycles. The number of carbonyl (C=O) groups is 1. The Bertz CT molecular complexity index is 452. The Hall–Kier alpha value is -1.55. The molecule has 21 heavy (non-hydrogen) atoms. The molecular weight excluding hydrogens is 264 g/mol. The number of methoxy groups -OCH3 is 1. The number of benzene rings is 1. The van der Waals surface area contributed by atoms with E-state index in [4.69, 9.17) is 4.74 Å². The average Bonchev–Trinajstić information content (AvgIpc) is 3.00. The average molecular weight is 291 g/mol. The largest absolute Gasteiger partial charge is 0.497 e. The number of rotatable bonds is 6. The van der Waals surface area contributed by atoms with Crippen molar-refractivity contribution in [2.24, 2.45) is 0 Å². The van der Waals surface area contributed by atoms with Gasteiger partial charge >= 0.3 is 0 Å². The zero-order chi connectivity index (χ0) is 15.2. The summed E-state index contributed by atoms with van der Waals surface area (Å²) in [6.07, 6.45) is 4.76. The first kappa shape index (κ1) is 15.8. The number of likely N-dealkylation sites (N-methyl/N-ethyl adjacent to an activating group) is 1. The third-order valence-electron chi connectivity index (χ3n) is 4.48.